The molecular weight excluding hydrogens is 538 g/mol. The van der Waals surface area contributed by atoms with Crippen molar-refractivity contribution in [2.75, 3.05) is 44.6 Å². The van der Waals surface area contributed by atoms with Crippen molar-refractivity contribution in [1.29, 1.82) is 0 Å². The van der Waals surface area contributed by atoms with Crippen LogP contribution in [0.5, 0.6) is 5.88 Å². The van der Waals surface area contributed by atoms with Gasteiger partial charge in [-0.25, -0.2) is 18.1 Å². The Morgan fingerprint density at radius 3 is 2.44 bits per heavy atom. The van der Waals surface area contributed by atoms with E-state index in [1.807, 2.05) is 32.0 Å². The number of ether oxygens (including phenoxy) is 1. The SMILES string of the molecule is Cc1cccc(C)c1-c1cc(OCC2CN(C)CCN2CCC(C)(C)C)nc(NS(=O)(=O)c2cccc(C=O)c2)n1. The Balaban J connectivity index is 1.65. The van der Waals surface area contributed by atoms with Gasteiger partial charge in [-0.05, 0) is 62.5 Å². The Labute approximate surface area is 244 Å². The summed E-state index contributed by atoms with van der Waals surface area (Å²) >= 11 is 0. The molecule has 4 rings (SSSR count). The second-order valence-electron chi connectivity index (χ2n) is 12.1. The standard InChI is InChI=1S/C31H41N5O4S/c1-22-9-7-10-23(2)29(22)27-18-28(40-21-25-19-35(6)15-16-36(25)14-13-31(3,4)5)33-30(32-27)34-41(38,39)26-12-8-11-24(17-26)20-37/h7-12,17-18,20,25H,13-16,19,21H2,1-6H3,(H,32,33,34). The summed E-state index contributed by atoms with van der Waals surface area (Å²) in [6, 6.07) is 13.7. The fourth-order valence-corrected chi connectivity index (χ4v) is 5.99. The predicted molar refractivity (Wildman–Crippen MR) is 162 cm³/mol. The first-order valence-electron chi connectivity index (χ1n) is 13.9. The molecule has 0 radical (unpaired) electrons. The van der Waals surface area contributed by atoms with Gasteiger partial charge in [-0.15, -0.1) is 0 Å². The molecular formula is C31H41N5O4S. The highest BCUT2D eigenvalue weighted by Gasteiger charge is 2.27. The first kappa shape index (κ1) is 30.6. The van der Waals surface area contributed by atoms with Crippen LogP contribution in [0.1, 0.15) is 48.7 Å². The number of aldehydes is 1. The Kier molecular flexibility index (Phi) is 9.46. The number of carbonyl (C=O) groups excluding carboxylic acids is 1. The van der Waals surface area contributed by atoms with Crippen molar-refractivity contribution in [1.82, 2.24) is 19.8 Å². The van der Waals surface area contributed by atoms with Crippen LogP contribution in [0.25, 0.3) is 11.3 Å². The number of sulfonamides is 1. The molecule has 0 spiro atoms. The van der Waals surface area contributed by atoms with Gasteiger partial charge in [0.25, 0.3) is 10.0 Å². The Morgan fingerprint density at radius 1 is 1.05 bits per heavy atom. The molecule has 3 aromatic rings. The summed E-state index contributed by atoms with van der Waals surface area (Å²) in [6.07, 6.45) is 1.69. The van der Waals surface area contributed by atoms with E-state index in [2.05, 4.69) is 52.3 Å². The summed E-state index contributed by atoms with van der Waals surface area (Å²) in [7, 11) is -1.94. The molecule has 0 amide bonds. The Morgan fingerprint density at radius 2 is 1.76 bits per heavy atom. The second kappa shape index (κ2) is 12.7. The number of aryl methyl sites for hydroxylation is 2. The van der Waals surface area contributed by atoms with Crippen LogP contribution in [0.2, 0.25) is 0 Å². The number of anilines is 1. The van der Waals surface area contributed by atoms with Crippen LogP contribution in [-0.2, 0) is 10.0 Å². The van der Waals surface area contributed by atoms with Gasteiger partial charge in [0.05, 0.1) is 16.6 Å². The van der Waals surface area contributed by atoms with Gasteiger partial charge < -0.3 is 9.64 Å². The number of piperazine rings is 1. The lowest BCUT2D eigenvalue weighted by Gasteiger charge is -2.40. The summed E-state index contributed by atoms with van der Waals surface area (Å²) in [5, 5.41) is 0. The first-order chi connectivity index (χ1) is 19.3. The number of hydrogen-bond donors (Lipinski definition) is 1. The molecule has 1 aliphatic heterocycles. The Hall–Kier alpha value is -3.34. The summed E-state index contributed by atoms with van der Waals surface area (Å²) in [4.78, 5) is 25.0. The lowest BCUT2D eigenvalue weighted by atomic mass is 9.91. The summed E-state index contributed by atoms with van der Waals surface area (Å²) in [5.41, 5.74) is 3.96. The fraction of sp³-hybridized carbons (Fsp3) is 0.452. The zero-order valence-electron chi connectivity index (χ0n) is 24.8. The van der Waals surface area contributed by atoms with Gasteiger partial charge in [0.2, 0.25) is 11.8 Å². The van der Waals surface area contributed by atoms with E-state index in [-0.39, 0.29) is 27.9 Å². The molecule has 1 fully saturated rings. The average molecular weight is 580 g/mol. The molecule has 0 saturated carbocycles. The number of carbonyl (C=O) groups is 1. The van der Waals surface area contributed by atoms with Gasteiger partial charge in [0.1, 0.15) is 12.9 Å². The number of likely N-dealkylation sites (N-methyl/N-ethyl adjacent to an activating group) is 1. The maximum Gasteiger partial charge on any atom is 0.264 e. The van der Waals surface area contributed by atoms with E-state index < -0.39 is 10.0 Å². The van der Waals surface area contributed by atoms with Crippen LogP contribution in [0.3, 0.4) is 0 Å². The van der Waals surface area contributed by atoms with Gasteiger partial charge in [0, 0.05) is 36.8 Å². The molecule has 220 valence electrons. The van der Waals surface area contributed by atoms with Crippen LogP contribution >= 0.6 is 0 Å². The fourth-order valence-electron chi connectivity index (χ4n) is 4.99. The molecule has 0 bridgehead atoms. The average Bonchev–Trinajstić information content (AvgIpc) is 2.90. The van der Waals surface area contributed by atoms with Gasteiger partial charge in [-0.2, -0.15) is 4.98 Å². The lowest BCUT2D eigenvalue weighted by molar-refractivity contribution is 0.0496. The summed E-state index contributed by atoms with van der Waals surface area (Å²) in [5.74, 6) is 0.197. The van der Waals surface area contributed by atoms with Gasteiger partial charge in [-0.1, -0.05) is 51.1 Å². The smallest absolute Gasteiger partial charge is 0.264 e. The van der Waals surface area contributed by atoms with Crippen molar-refractivity contribution in [3.05, 3.63) is 65.2 Å². The summed E-state index contributed by atoms with van der Waals surface area (Å²) in [6.45, 7) is 15.0. The van der Waals surface area contributed by atoms with E-state index in [1.165, 1.54) is 18.2 Å². The molecule has 41 heavy (non-hydrogen) atoms. The van der Waals surface area contributed by atoms with E-state index in [0.717, 1.165) is 49.3 Å². The molecule has 1 N–H and O–H groups in total. The topological polar surface area (TPSA) is 105 Å². The van der Waals surface area contributed by atoms with Crippen LogP contribution in [0, 0.1) is 19.3 Å². The van der Waals surface area contributed by atoms with Gasteiger partial charge in [0.15, 0.2) is 0 Å². The lowest BCUT2D eigenvalue weighted by Crippen LogP contribution is -2.54. The molecule has 1 aliphatic rings. The molecule has 9 nitrogen and oxygen atoms in total. The van der Waals surface area contributed by atoms with Crippen molar-refractivity contribution >= 4 is 22.3 Å². The first-order valence-corrected chi connectivity index (χ1v) is 15.4. The third kappa shape index (κ3) is 8.12. The minimum absolute atomic E-state index is 0.0506. The van der Waals surface area contributed by atoms with Crippen molar-refractivity contribution in [3.63, 3.8) is 0 Å². The highest BCUT2D eigenvalue weighted by atomic mass is 32.2. The van der Waals surface area contributed by atoms with Crippen LogP contribution in [-0.4, -0.2) is 80.3 Å². The minimum Gasteiger partial charge on any atom is -0.476 e. The molecule has 10 heteroatoms. The Bertz CT molecular complexity index is 1470. The van der Waals surface area contributed by atoms with Crippen molar-refractivity contribution in [3.8, 4) is 17.1 Å². The van der Waals surface area contributed by atoms with E-state index in [0.29, 0.717) is 24.5 Å². The number of rotatable bonds is 10. The quantitative estimate of drug-likeness (QED) is 0.342. The van der Waals surface area contributed by atoms with Crippen LogP contribution in [0.15, 0.2) is 53.4 Å². The molecule has 2 aromatic carbocycles. The van der Waals surface area contributed by atoms with E-state index >= 15 is 0 Å². The molecule has 1 saturated heterocycles. The van der Waals surface area contributed by atoms with Crippen molar-refractivity contribution in [2.24, 2.45) is 5.41 Å². The van der Waals surface area contributed by atoms with E-state index in [1.54, 1.807) is 12.1 Å². The molecule has 2 heterocycles. The number of hydrogen-bond acceptors (Lipinski definition) is 8. The largest absolute Gasteiger partial charge is 0.476 e. The number of nitrogens with zero attached hydrogens (tertiary/aromatic N) is 4. The molecule has 1 aromatic heterocycles. The maximum atomic E-state index is 13.2. The third-order valence-electron chi connectivity index (χ3n) is 7.35. The van der Waals surface area contributed by atoms with E-state index in [9.17, 15) is 13.2 Å². The minimum atomic E-state index is -4.06. The van der Waals surface area contributed by atoms with Crippen LogP contribution < -0.4 is 9.46 Å². The third-order valence-corrected chi connectivity index (χ3v) is 8.68. The van der Waals surface area contributed by atoms with Gasteiger partial charge >= 0.3 is 0 Å². The van der Waals surface area contributed by atoms with Crippen molar-refractivity contribution < 1.29 is 17.9 Å². The second-order valence-corrected chi connectivity index (χ2v) is 13.7. The molecule has 0 aliphatic carbocycles. The number of benzene rings is 2. The predicted octanol–water partition coefficient (Wildman–Crippen LogP) is 4.80. The summed E-state index contributed by atoms with van der Waals surface area (Å²) < 4.78 is 35.3. The van der Waals surface area contributed by atoms with Crippen molar-refractivity contribution in [2.45, 2.75) is 52.0 Å². The van der Waals surface area contributed by atoms with Gasteiger partial charge in [-0.3, -0.25) is 9.69 Å². The van der Waals surface area contributed by atoms with Crippen LogP contribution in [0.4, 0.5) is 5.95 Å². The number of nitrogens with one attached hydrogen (secondary N) is 1. The zero-order valence-corrected chi connectivity index (χ0v) is 25.7. The molecule has 1 atom stereocenters. The molecule has 1 unspecified atom stereocenters. The highest BCUT2D eigenvalue weighted by Crippen LogP contribution is 2.30. The number of aromatic nitrogens is 2. The monoisotopic (exact) mass is 579 g/mol. The highest BCUT2D eigenvalue weighted by molar-refractivity contribution is 7.92. The maximum absolute atomic E-state index is 13.2. The van der Waals surface area contributed by atoms with E-state index in [4.69, 9.17) is 4.74 Å². The normalized spacial score (nSPS) is 16.9. The zero-order chi connectivity index (χ0) is 29.8.